The summed E-state index contributed by atoms with van der Waals surface area (Å²) in [6, 6.07) is 15.9. The Kier molecular flexibility index (Phi) is 4.46. The number of hydrogen-bond donors (Lipinski definition) is 1. The van der Waals surface area contributed by atoms with E-state index in [-0.39, 0.29) is 17.6 Å². The number of pyridine rings is 1. The number of hydrogen-bond acceptors (Lipinski definition) is 4. The van der Waals surface area contributed by atoms with Crippen LogP contribution in [0, 0.1) is 0 Å². The first kappa shape index (κ1) is 17.0. The lowest BCUT2D eigenvalue weighted by Crippen LogP contribution is -2.50. The van der Waals surface area contributed by atoms with Gasteiger partial charge in [-0.05, 0) is 29.7 Å². The molecule has 4 rings (SSSR count). The molecule has 1 N–H and O–H groups in total. The van der Waals surface area contributed by atoms with Crippen LogP contribution in [0.3, 0.4) is 0 Å². The molecule has 0 aliphatic carbocycles. The second-order valence-corrected chi connectivity index (χ2v) is 6.52. The van der Waals surface area contributed by atoms with Crippen molar-refractivity contribution in [3.63, 3.8) is 0 Å². The Balaban J connectivity index is 1.47. The number of carbonyl (C=O) groups is 2. The van der Waals surface area contributed by atoms with Gasteiger partial charge in [0.2, 0.25) is 0 Å². The van der Waals surface area contributed by atoms with Crippen molar-refractivity contribution < 1.29 is 14.7 Å². The highest BCUT2D eigenvalue weighted by atomic mass is 16.3. The number of benzene rings is 2. The van der Waals surface area contributed by atoms with E-state index >= 15 is 0 Å². The van der Waals surface area contributed by atoms with Gasteiger partial charge in [-0.3, -0.25) is 14.6 Å². The second-order valence-electron chi connectivity index (χ2n) is 6.52. The molecule has 6 heteroatoms. The summed E-state index contributed by atoms with van der Waals surface area (Å²) >= 11 is 0. The molecule has 1 saturated heterocycles. The minimum atomic E-state index is -0.138. The van der Waals surface area contributed by atoms with Crippen molar-refractivity contribution in [1.82, 2.24) is 14.8 Å². The number of fused-ring (bicyclic) bond motifs is 1. The summed E-state index contributed by atoms with van der Waals surface area (Å²) in [7, 11) is 0. The monoisotopic (exact) mass is 361 g/mol. The summed E-state index contributed by atoms with van der Waals surface area (Å²) < 4.78 is 0. The first-order chi connectivity index (χ1) is 13.1. The van der Waals surface area contributed by atoms with Gasteiger partial charge < -0.3 is 14.9 Å². The molecule has 0 saturated carbocycles. The number of phenols is 1. The summed E-state index contributed by atoms with van der Waals surface area (Å²) in [6.07, 6.45) is 1.65. The highest BCUT2D eigenvalue weighted by Crippen LogP contribution is 2.19. The number of nitrogens with zero attached hydrogens (tertiary/aromatic N) is 3. The minimum Gasteiger partial charge on any atom is -0.508 e. The van der Waals surface area contributed by atoms with E-state index in [0.717, 1.165) is 10.8 Å². The molecule has 1 fully saturated rings. The Morgan fingerprint density at radius 3 is 2.30 bits per heavy atom. The molecular weight excluding hydrogens is 342 g/mol. The lowest BCUT2D eigenvalue weighted by Gasteiger charge is -2.34. The molecule has 0 atom stereocenters. The van der Waals surface area contributed by atoms with E-state index in [0.29, 0.717) is 37.4 Å². The quantitative estimate of drug-likeness (QED) is 0.761. The maximum atomic E-state index is 12.9. The van der Waals surface area contributed by atoms with Crippen molar-refractivity contribution in [2.45, 2.75) is 0 Å². The lowest BCUT2D eigenvalue weighted by molar-refractivity contribution is 0.0533. The summed E-state index contributed by atoms with van der Waals surface area (Å²) in [4.78, 5) is 33.2. The zero-order valence-electron chi connectivity index (χ0n) is 14.7. The van der Waals surface area contributed by atoms with Gasteiger partial charge in [0.25, 0.3) is 11.8 Å². The van der Waals surface area contributed by atoms with Gasteiger partial charge >= 0.3 is 0 Å². The van der Waals surface area contributed by atoms with Crippen LogP contribution in [-0.4, -0.2) is 57.9 Å². The zero-order chi connectivity index (χ0) is 18.8. The van der Waals surface area contributed by atoms with Gasteiger partial charge in [-0.2, -0.15) is 0 Å². The average molecular weight is 361 g/mol. The summed E-state index contributed by atoms with van der Waals surface area (Å²) in [5.41, 5.74) is 0.895. The molecule has 136 valence electrons. The molecule has 0 unspecified atom stereocenters. The van der Waals surface area contributed by atoms with E-state index < -0.39 is 0 Å². The van der Waals surface area contributed by atoms with Gasteiger partial charge in [-0.15, -0.1) is 0 Å². The molecule has 0 spiro atoms. The highest BCUT2D eigenvalue weighted by Gasteiger charge is 2.27. The molecule has 1 aliphatic heterocycles. The molecular formula is C21H19N3O3. The largest absolute Gasteiger partial charge is 0.508 e. The van der Waals surface area contributed by atoms with Crippen molar-refractivity contribution in [3.05, 3.63) is 72.1 Å². The van der Waals surface area contributed by atoms with Gasteiger partial charge in [-0.25, -0.2) is 0 Å². The number of piperazine rings is 1. The van der Waals surface area contributed by atoms with Crippen molar-refractivity contribution >= 4 is 22.6 Å². The Bertz CT molecular complexity index is 1000. The molecule has 0 bridgehead atoms. The van der Waals surface area contributed by atoms with Crippen LogP contribution in [0.2, 0.25) is 0 Å². The van der Waals surface area contributed by atoms with E-state index in [1.54, 1.807) is 28.1 Å². The molecule has 2 heterocycles. The SMILES string of the molecule is O=C(c1cccc(O)c1)N1CCN(C(=O)c2nccc3ccccc23)CC1. The van der Waals surface area contributed by atoms with E-state index in [9.17, 15) is 14.7 Å². The van der Waals surface area contributed by atoms with E-state index in [1.807, 2.05) is 30.3 Å². The van der Waals surface area contributed by atoms with E-state index in [2.05, 4.69) is 4.98 Å². The lowest BCUT2D eigenvalue weighted by atomic mass is 10.1. The smallest absolute Gasteiger partial charge is 0.273 e. The van der Waals surface area contributed by atoms with Crippen LogP contribution in [0.4, 0.5) is 0 Å². The Morgan fingerprint density at radius 2 is 1.56 bits per heavy atom. The second kappa shape index (κ2) is 7.07. The third-order valence-electron chi connectivity index (χ3n) is 4.82. The maximum absolute atomic E-state index is 12.9. The Morgan fingerprint density at radius 1 is 0.852 bits per heavy atom. The molecule has 0 radical (unpaired) electrons. The topological polar surface area (TPSA) is 73.7 Å². The predicted octanol–water partition coefficient (Wildman–Crippen LogP) is 2.54. The van der Waals surface area contributed by atoms with Gasteiger partial charge in [0.1, 0.15) is 11.4 Å². The average Bonchev–Trinajstić information content (AvgIpc) is 2.72. The van der Waals surface area contributed by atoms with Gasteiger partial charge in [-0.1, -0.05) is 30.3 Å². The summed E-state index contributed by atoms with van der Waals surface area (Å²) in [6.45, 7) is 1.80. The van der Waals surface area contributed by atoms with Crippen molar-refractivity contribution in [1.29, 1.82) is 0 Å². The predicted molar refractivity (Wildman–Crippen MR) is 102 cm³/mol. The molecule has 1 aromatic heterocycles. The molecule has 1 aliphatic rings. The van der Waals surface area contributed by atoms with Crippen LogP contribution in [0.25, 0.3) is 10.8 Å². The van der Waals surface area contributed by atoms with Crippen LogP contribution < -0.4 is 0 Å². The third kappa shape index (κ3) is 3.33. The Hall–Kier alpha value is -3.41. The normalized spacial score (nSPS) is 14.4. The number of amides is 2. The number of phenolic OH excluding ortho intramolecular Hbond substituents is 1. The molecule has 2 aromatic carbocycles. The van der Waals surface area contributed by atoms with Crippen molar-refractivity contribution in [2.24, 2.45) is 0 Å². The van der Waals surface area contributed by atoms with Crippen molar-refractivity contribution in [3.8, 4) is 5.75 Å². The van der Waals surface area contributed by atoms with Crippen LogP contribution in [0.1, 0.15) is 20.8 Å². The standard InChI is InChI=1S/C21H19N3O3/c25-17-6-3-5-16(14-17)20(26)23-10-12-24(13-11-23)21(27)19-18-7-2-1-4-15(18)8-9-22-19/h1-9,14,25H,10-13H2. The number of aromatic hydroxyl groups is 1. The van der Waals surface area contributed by atoms with Gasteiger partial charge in [0.15, 0.2) is 0 Å². The zero-order valence-corrected chi connectivity index (χ0v) is 14.7. The number of rotatable bonds is 2. The molecule has 27 heavy (non-hydrogen) atoms. The third-order valence-corrected chi connectivity index (χ3v) is 4.82. The van der Waals surface area contributed by atoms with Crippen LogP contribution >= 0.6 is 0 Å². The van der Waals surface area contributed by atoms with Crippen molar-refractivity contribution in [2.75, 3.05) is 26.2 Å². The van der Waals surface area contributed by atoms with Crippen LogP contribution in [0.15, 0.2) is 60.8 Å². The van der Waals surface area contributed by atoms with E-state index in [4.69, 9.17) is 0 Å². The highest BCUT2D eigenvalue weighted by molar-refractivity contribution is 6.05. The fourth-order valence-corrected chi connectivity index (χ4v) is 3.37. The Labute approximate surface area is 156 Å². The van der Waals surface area contributed by atoms with Crippen LogP contribution in [-0.2, 0) is 0 Å². The first-order valence-corrected chi connectivity index (χ1v) is 8.85. The fourth-order valence-electron chi connectivity index (χ4n) is 3.37. The van der Waals surface area contributed by atoms with E-state index in [1.165, 1.54) is 12.1 Å². The molecule has 6 nitrogen and oxygen atoms in total. The molecule has 2 amide bonds. The van der Waals surface area contributed by atoms with Crippen LogP contribution in [0.5, 0.6) is 5.75 Å². The first-order valence-electron chi connectivity index (χ1n) is 8.85. The molecule has 3 aromatic rings. The fraction of sp³-hybridized carbons (Fsp3) is 0.190. The van der Waals surface area contributed by atoms with Gasteiger partial charge in [0, 0.05) is 43.3 Å². The number of carbonyl (C=O) groups excluding carboxylic acids is 2. The number of aromatic nitrogens is 1. The summed E-state index contributed by atoms with van der Waals surface area (Å²) in [5.74, 6) is -0.186. The van der Waals surface area contributed by atoms with Gasteiger partial charge in [0.05, 0.1) is 0 Å². The summed E-state index contributed by atoms with van der Waals surface area (Å²) in [5, 5.41) is 11.4. The minimum absolute atomic E-state index is 0.0664. The maximum Gasteiger partial charge on any atom is 0.273 e.